The number of urea groups is 1. The Kier molecular flexibility index (Phi) is 4.83. The molecule has 0 aliphatic carbocycles. The Bertz CT molecular complexity index is 732. The van der Waals surface area contributed by atoms with Crippen molar-refractivity contribution in [1.82, 2.24) is 20.0 Å². The number of amides is 2. The van der Waals surface area contributed by atoms with E-state index in [9.17, 15) is 9.90 Å². The number of carbonyl (C=O) groups is 1. The molecule has 1 unspecified atom stereocenters. The molecule has 0 radical (unpaired) electrons. The van der Waals surface area contributed by atoms with E-state index in [1.807, 2.05) is 48.8 Å². The van der Waals surface area contributed by atoms with Gasteiger partial charge in [-0.2, -0.15) is 5.10 Å². The molecule has 1 fully saturated rings. The molecule has 0 spiro atoms. The predicted octanol–water partition coefficient (Wildman–Crippen LogP) is 2.03. The van der Waals surface area contributed by atoms with Gasteiger partial charge in [0.2, 0.25) is 0 Å². The highest BCUT2D eigenvalue weighted by Gasteiger charge is 2.23. The Hall–Kier alpha value is -2.70. The number of phenols is 1. The Labute approximate surface area is 147 Å². The summed E-state index contributed by atoms with van der Waals surface area (Å²) in [5.41, 5.74) is 3.17. The second-order valence-electron chi connectivity index (χ2n) is 6.47. The van der Waals surface area contributed by atoms with Crippen molar-refractivity contribution in [1.29, 1.82) is 0 Å². The number of nitrogens with zero attached hydrogens (tertiary/aromatic N) is 4. The van der Waals surface area contributed by atoms with Gasteiger partial charge in [0.05, 0.1) is 12.2 Å². The van der Waals surface area contributed by atoms with Crippen LogP contribution in [0.1, 0.15) is 24.2 Å². The molecule has 1 atom stereocenters. The van der Waals surface area contributed by atoms with Crippen molar-refractivity contribution in [3.05, 3.63) is 41.7 Å². The second kappa shape index (κ2) is 7.04. The van der Waals surface area contributed by atoms with E-state index in [2.05, 4.69) is 15.3 Å². The maximum absolute atomic E-state index is 12.5. The molecule has 2 heterocycles. The third-order valence-corrected chi connectivity index (χ3v) is 4.86. The molecule has 1 aromatic heterocycles. The van der Waals surface area contributed by atoms with E-state index in [4.69, 9.17) is 0 Å². The molecule has 1 aromatic carbocycles. The van der Waals surface area contributed by atoms with Crippen LogP contribution in [0.15, 0.2) is 30.5 Å². The molecule has 1 aliphatic heterocycles. The Balaban J connectivity index is 1.54. The van der Waals surface area contributed by atoms with Gasteiger partial charge in [0.25, 0.3) is 0 Å². The van der Waals surface area contributed by atoms with E-state index in [1.54, 1.807) is 12.1 Å². The quantitative estimate of drug-likeness (QED) is 0.894. The maximum Gasteiger partial charge on any atom is 0.317 e. The summed E-state index contributed by atoms with van der Waals surface area (Å²) in [6.07, 6.45) is 1.81. The lowest BCUT2D eigenvalue weighted by Gasteiger charge is -2.36. The highest BCUT2D eigenvalue weighted by atomic mass is 16.3. The van der Waals surface area contributed by atoms with Crippen LogP contribution < -0.4 is 10.2 Å². The zero-order valence-electron chi connectivity index (χ0n) is 14.9. The van der Waals surface area contributed by atoms with Crippen molar-refractivity contribution in [2.24, 2.45) is 7.05 Å². The number of phenolic OH excluding ortho intramolecular Hbond substituents is 1. The van der Waals surface area contributed by atoms with E-state index in [-0.39, 0.29) is 17.8 Å². The number of aromatic hydroxyl groups is 1. The number of benzene rings is 1. The minimum atomic E-state index is -0.0728. The van der Waals surface area contributed by atoms with Gasteiger partial charge in [0.15, 0.2) is 0 Å². The van der Waals surface area contributed by atoms with Gasteiger partial charge in [-0.25, -0.2) is 4.79 Å². The molecule has 3 rings (SSSR count). The molecule has 25 heavy (non-hydrogen) atoms. The summed E-state index contributed by atoms with van der Waals surface area (Å²) in [5, 5.41) is 16.7. The first-order chi connectivity index (χ1) is 12.0. The summed E-state index contributed by atoms with van der Waals surface area (Å²) in [6, 6.07) is 7.06. The Morgan fingerprint density at radius 3 is 2.40 bits per heavy atom. The topological polar surface area (TPSA) is 73.6 Å². The lowest BCUT2D eigenvalue weighted by atomic mass is 10.1. The average Bonchev–Trinajstić information content (AvgIpc) is 2.95. The van der Waals surface area contributed by atoms with Crippen molar-refractivity contribution in [2.75, 3.05) is 31.1 Å². The van der Waals surface area contributed by atoms with E-state index < -0.39 is 0 Å². The molecular weight excluding hydrogens is 318 g/mol. The zero-order chi connectivity index (χ0) is 18.0. The number of aromatic nitrogens is 2. The fourth-order valence-corrected chi connectivity index (χ4v) is 3.13. The van der Waals surface area contributed by atoms with Crippen LogP contribution in [0.4, 0.5) is 10.5 Å². The van der Waals surface area contributed by atoms with Crippen LogP contribution >= 0.6 is 0 Å². The van der Waals surface area contributed by atoms with Gasteiger partial charge >= 0.3 is 6.03 Å². The molecule has 7 heteroatoms. The molecule has 1 saturated heterocycles. The van der Waals surface area contributed by atoms with E-state index in [1.165, 1.54) is 0 Å². The predicted molar refractivity (Wildman–Crippen MR) is 96.8 cm³/mol. The first-order valence-corrected chi connectivity index (χ1v) is 8.53. The van der Waals surface area contributed by atoms with Crippen LogP contribution in [-0.4, -0.2) is 52.0 Å². The van der Waals surface area contributed by atoms with Gasteiger partial charge in [-0.1, -0.05) is 0 Å². The van der Waals surface area contributed by atoms with Crippen LogP contribution in [0.2, 0.25) is 0 Å². The third kappa shape index (κ3) is 3.70. The van der Waals surface area contributed by atoms with Gasteiger partial charge in [-0.3, -0.25) is 4.68 Å². The third-order valence-electron chi connectivity index (χ3n) is 4.86. The molecule has 1 aliphatic rings. The maximum atomic E-state index is 12.5. The van der Waals surface area contributed by atoms with Gasteiger partial charge in [-0.05, 0) is 38.1 Å². The van der Waals surface area contributed by atoms with Crippen molar-refractivity contribution in [2.45, 2.75) is 19.9 Å². The fourth-order valence-electron chi connectivity index (χ4n) is 3.13. The summed E-state index contributed by atoms with van der Waals surface area (Å²) in [7, 11) is 1.90. The monoisotopic (exact) mass is 343 g/mol. The van der Waals surface area contributed by atoms with Crippen molar-refractivity contribution in [3.8, 4) is 5.75 Å². The van der Waals surface area contributed by atoms with Crippen LogP contribution in [0.3, 0.4) is 0 Å². The zero-order valence-corrected chi connectivity index (χ0v) is 14.9. The molecule has 7 nitrogen and oxygen atoms in total. The molecule has 2 N–H and O–H groups in total. The number of nitrogens with one attached hydrogen (secondary N) is 1. The Morgan fingerprint density at radius 1 is 1.20 bits per heavy atom. The van der Waals surface area contributed by atoms with Crippen LogP contribution in [0, 0.1) is 6.92 Å². The van der Waals surface area contributed by atoms with Crippen molar-refractivity contribution in [3.63, 3.8) is 0 Å². The summed E-state index contributed by atoms with van der Waals surface area (Å²) in [6.45, 7) is 6.88. The smallest absolute Gasteiger partial charge is 0.317 e. The first kappa shape index (κ1) is 17.1. The van der Waals surface area contributed by atoms with Crippen LogP contribution in [0.25, 0.3) is 0 Å². The normalized spacial score (nSPS) is 16.0. The lowest BCUT2D eigenvalue weighted by Crippen LogP contribution is -2.52. The molecule has 2 aromatic rings. The first-order valence-electron chi connectivity index (χ1n) is 8.53. The lowest BCUT2D eigenvalue weighted by molar-refractivity contribution is 0.191. The molecule has 2 amide bonds. The highest BCUT2D eigenvalue weighted by molar-refractivity contribution is 5.75. The number of hydrogen-bond donors (Lipinski definition) is 2. The summed E-state index contributed by atoms with van der Waals surface area (Å²) in [5.74, 6) is 0.265. The molecule has 0 saturated carbocycles. The number of anilines is 1. The van der Waals surface area contributed by atoms with Gasteiger partial charge in [0.1, 0.15) is 5.75 Å². The average molecular weight is 343 g/mol. The SMILES string of the molecule is Cc1c(C(C)NC(=O)N2CCN(c3ccc(O)cc3)CC2)cnn1C. The summed E-state index contributed by atoms with van der Waals surface area (Å²) < 4.78 is 1.81. The Morgan fingerprint density at radius 2 is 1.84 bits per heavy atom. The molecule has 0 bridgehead atoms. The minimum absolute atomic E-state index is 0.0406. The minimum Gasteiger partial charge on any atom is -0.508 e. The fraction of sp³-hybridized carbons (Fsp3) is 0.444. The number of hydrogen-bond acceptors (Lipinski definition) is 4. The van der Waals surface area contributed by atoms with E-state index in [0.29, 0.717) is 13.1 Å². The highest BCUT2D eigenvalue weighted by Crippen LogP contribution is 2.20. The largest absolute Gasteiger partial charge is 0.508 e. The van der Waals surface area contributed by atoms with Crippen molar-refractivity contribution < 1.29 is 9.90 Å². The molecular formula is C18H25N5O2. The number of carbonyl (C=O) groups excluding carboxylic acids is 1. The number of rotatable bonds is 3. The summed E-state index contributed by atoms with van der Waals surface area (Å²) >= 11 is 0. The standard InChI is InChI=1S/C18H25N5O2/c1-13(17-12-19-21(3)14(17)2)20-18(25)23-10-8-22(9-11-23)15-4-6-16(24)7-5-15/h4-7,12-13,24H,8-11H2,1-3H3,(H,20,25). The number of piperazine rings is 1. The molecule has 134 valence electrons. The second-order valence-corrected chi connectivity index (χ2v) is 6.47. The van der Waals surface area contributed by atoms with E-state index >= 15 is 0 Å². The van der Waals surface area contributed by atoms with Gasteiger partial charge in [0, 0.05) is 50.2 Å². The van der Waals surface area contributed by atoms with Crippen molar-refractivity contribution >= 4 is 11.7 Å². The summed E-state index contributed by atoms with van der Waals surface area (Å²) in [4.78, 5) is 16.6. The van der Waals surface area contributed by atoms with Crippen LogP contribution in [0.5, 0.6) is 5.75 Å². The van der Waals surface area contributed by atoms with Gasteiger partial charge < -0.3 is 20.2 Å². The van der Waals surface area contributed by atoms with E-state index in [0.717, 1.165) is 30.0 Å². The van der Waals surface area contributed by atoms with Gasteiger partial charge in [-0.15, -0.1) is 0 Å². The number of aryl methyl sites for hydroxylation is 1. The van der Waals surface area contributed by atoms with Crippen LogP contribution in [-0.2, 0) is 7.05 Å².